The maximum Gasteiger partial charge on any atom is 0.221 e. The van der Waals surface area contributed by atoms with Crippen LogP contribution in [0.5, 0.6) is 0 Å². The Morgan fingerprint density at radius 1 is 1.00 bits per heavy atom. The highest BCUT2D eigenvalue weighted by Gasteiger charge is 2.13. The molecule has 0 spiro atoms. The highest BCUT2D eigenvalue weighted by Crippen LogP contribution is 2.31. The van der Waals surface area contributed by atoms with Gasteiger partial charge in [0.25, 0.3) is 0 Å². The first-order valence-corrected chi connectivity index (χ1v) is 5.90. The third-order valence-electron chi connectivity index (χ3n) is 3.03. The molecule has 0 amide bonds. The molecule has 19 heavy (non-hydrogen) atoms. The first-order valence-electron chi connectivity index (χ1n) is 5.90. The van der Waals surface area contributed by atoms with Crippen molar-refractivity contribution in [3.05, 3.63) is 42.2 Å². The Balaban J connectivity index is 2.44. The van der Waals surface area contributed by atoms with Gasteiger partial charge in [0, 0.05) is 28.5 Å². The summed E-state index contributed by atoms with van der Waals surface area (Å²) >= 11 is 0. The van der Waals surface area contributed by atoms with Crippen LogP contribution in [0.1, 0.15) is 5.69 Å². The lowest BCUT2D eigenvalue weighted by Gasteiger charge is -2.10. The predicted octanol–water partition coefficient (Wildman–Crippen LogP) is 2.16. The zero-order valence-electron chi connectivity index (χ0n) is 10.5. The number of aryl methyl sites for hydroxylation is 1. The number of nitrogen functional groups attached to an aromatic ring is 2. The van der Waals surface area contributed by atoms with Gasteiger partial charge >= 0.3 is 0 Å². The molecule has 5 nitrogen and oxygen atoms in total. The van der Waals surface area contributed by atoms with Crippen LogP contribution in [0.2, 0.25) is 0 Å². The van der Waals surface area contributed by atoms with E-state index >= 15 is 0 Å². The summed E-state index contributed by atoms with van der Waals surface area (Å²) in [4.78, 5) is 12.8. The van der Waals surface area contributed by atoms with Gasteiger partial charge in [0.2, 0.25) is 5.95 Å². The summed E-state index contributed by atoms with van der Waals surface area (Å²) in [7, 11) is 0. The molecule has 2 aromatic heterocycles. The lowest BCUT2D eigenvalue weighted by molar-refractivity contribution is 1.18. The van der Waals surface area contributed by atoms with E-state index in [9.17, 15) is 0 Å². The number of hydrogen-bond donors (Lipinski definition) is 2. The Morgan fingerprint density at radius 2 is 1.84 bits per heavy atom. The summed E-state index contributed by atoms with van der Waals surface area (Å²) in [5, 5.41) is 0.813. The van der Waals surface area contributed by atoms with E-state index in [2.05, 4.69) is 15.0 Å². The summed E-state index contributed by atoms with van der Waals surface area (Å²) < 4.78 is 0. The van der Waals surface area contributed by atoms with E-state index in [0.717, 1.165) is 27.9 Å². The van der Waals surface area contributed by atoms with Gasteiger partial charge in [-0.2, -0.15) is 0 Å². The van der Waals surface area contributed by atoms with E-state index in [-0.39, 0.29) is 5.95 Å². The van der Waals surface area contributed by atoms with Crippen LogP contribution in [0.4, 0.5) is 11.6 Å². The van der Waals surface area contributed by atoms with Gasteiger partial charge in [-0.1, -0.05) is 6.07 Å². The lowest BCUT2D eigenvalue weighted by Crippen LogP contribution is -2.01. The van der Waals surface area contributed by atoms with E-state index in [1.165, 1.54) is 0 Å². The lowest BCUT2D eigenvalue weighted by atomic mass is 10.0. The molecule has 2 heterocycles. The van der Waals surface area contributed by atoms with Gasteiger partial charge in [0.05, 0.1) is 11.2 Å². The fraction of sp³-hybridized carbons (Fsp3) is 0.0714. The minimum Gasteiger partial charge on any atom is -0.398 e. The second-order valence-corrected chi connectivity index (χ2v) is 4.31. The second kappa shape index (κ2) is 4.20. The Kier molecular flexibility index (Phi) is 2.52. The average Bonchev–Trinajstić information content (AvgIpc) is 2.38. The molecular weight excluding hydrogens is 238 g/mol. The normalized spacial score (nSPS) is 10.8. The molecule has 0 aliphatic heterocycles. The zero-order valence-corrected chi connectivity index (χ0v) is 10.5. The highest BCUT2D eigenvalue weighted by molar-refractivity contribution is 6.01. The van der Waals surface area contributed by atoms with Crippen molar-refractivity contribution in [1.29, 1.82) is 0 Å². The summed E-state index contributed by atoms with van der Waals surface area (Å²) in [5.41, 5.74) is 15.7. The Morgan fingerprint density at radius 3 is 2.63 bits per heavy atom. The van der Waals surface area contributed by atoms with Crippen LogP contribution in [0.15, 0.2) is 36.5 Å². The number of anilines is 2. The molecule has 0 unspecified atom stereocenters. The third kappa shape index (κ3) is 1.85. The minimum absolute atomic E-state index is 0.233. The van der Waals surface area contributed by atoms with Crippen LogP contribution < -0.4 is 11.5 Å². The van der Waals surface area contributed by atoms with Gasteiger partial charge in [-0.25, -0.2) is 9.97 Å². The van der Waals surface area contributed by atoms with E-state index in [4.69, 9.17) is 11.5 Å². The molecule has 0 saturated carbocycles. The molecule has 1 aromatic carbocycles. The van der Waals surface area contributed by atoms with E-state index < -0.39 is 0 Å². The summed E-state index contributed by atoms with van der Waals surface area (Å²) in [6.07, 6.45) is 1.74. The maximum atomic E-state index is 6.05. The van der Waals surface area contributed by atoms with Crippen molar-refractivity contribution in [3.63, 3.8) is 0 Å². The van der Waals surface area contributed by atoms with Gasteiger partial charge < -0.3 is 11.5 Å². The summed E-state index contributed by atoms with van der Waals surface area (Å²) in [6, 6.07) is 9.38. The maximum absolute atomic E-state index is 6.05. The SMILES string of the molecule is Cc1ncccc1-c1nc(N)nc2cccc(N)c12. The van der Waals surface area contributed by atoms with Crippen molar-refractivity contribution in [3.8, 4) is 11.3 Å². The van der Waals surface area contributed by atoms with Crippen molar-refractivity contribution in [2.24, 2.45) is 0 Å². The molecule has 3 aromatic rings. The predicted molar refractivity (Wildman–Crippen MR) is 76.3 cm³/mol. The van der Waals surface area contributed by atoms with Crippen LogP contribution in [0, 0.1) is 6.92 Å². The fourth-order valence-corrected chi connectivity index (χ4v) is 2.16. The number of nitrogens with two attached hydrogens (primary N) is 2. The van der Waals surface area contributed by atoms with Crippen LogP contribution >= 0.6 is 0 Å². The summed E-state index contributed by atoms with van der Waals surface area (Å²) in [6.45, 7) is 1.93. The largest absolute Gasteiger partial charge is 0.398 e. The number of rotatable bonds is 1. The van der Waals surface area contributed by atoms with Gasteiger partial charge in [-0.3, -0.25) is 4.98 Å². The first kappa shape index (κ1) is 11.4. The van der Waals surface area contributed by atoms with Crippen molar-refractivity contribution in [2.75, 3.05) is 11.5 Å². The van der Waals surface area contributed by atoms with Crippen molar-refractivity contribution >= 4 is 22.5 Å². The quantitative estimate of drug-likeness (QED) is 0.647. The van der Waals surface area contributed by atoms with Gasteiger partial charge in [0.15, 0.2) is 0 Å². The van der Waals surface area contributed by atoms with E-state index in [1.807, 2.05) is 37.3 Å². The third-order valence-corrected chi connectivity index (χ3v) is 3.03. The molecule has 5 heteroatoms. The van der Waals surface area contributed by atoms with Crippen molar-refractivity contribution < 1.29 is 0 Å². The van der Waals surface area contributed by atoms with Crippen LogP contribution in [0.25, 0.3) is 22.2 Å². The Hall–Kier alpha value is -2.69. The molecule has 3 rings (SSSR count). The average molecular weight is 251 g/mol. The second-order valence-electron chi connectivity index (χ2n) is 4.31. The molecular formula is C14H13N5. The summed E-state index contributed by atoms with van der Waals surface area (Å²) in [5.74, 6) is 0.233. The van der Waals surface area contributed by atoms with Crippen molar-refractivity contribution in [2.45, 2.75) is 6.92 Å². The van der Waals surface area contributed by atoms with E-state index in [0.29, 0.717) is 5.69 Å². The molecule has 0 radical (unpaired) electrons. The molecule has 0 bridgehead atoms. The number of benzene rings is 1. The molecule has 0 aliphatic rings. The fourth-order valence-electron chi connectivity index (χ4n) is 2.16. The minimum atomic E-state index is 0.233. The van der Waals surface area contributed by atoms with Gasteiger partial charge in [0.1, 0.15) is 0 Å². The number of hydrogen-bond acceptors (Lipinski definition) is 5. The number of pyridine rings is 1. The first-order chi connectivity index (χ1) is 9.16. The molecule has 4 N–H and O–H groups in total. The van der Waals surface area contributed by atoms with E-state index in [1.54, 1.807) is 6.20 Å². The standard InChI is InChI=1S/C14H13N5/c1-8-9(4-3-7-17-8)13-12-10(15)5-2-6-11(12)18-14(16)19-13/h2-7H,15H2,1H3,(H2,16,18,19). The molecule has 94 valence electrons. The highest BCUT2D eigenvalue weighted by atomic mass is 15.0. The molecule has 0 atom stereocenters. The number of nitrogens with zero attached hydrogens (tertiary/aromatic N) is 3. The Labute approximate surface area is 110 Å². The van der Waals surface area contributed by atoms with Gasteiger partial charge in [-0.15, -0.1) is 0 Å². The topological polar surface area (TPSA) is 90.7 Å². The molecule has 0 saturated heterocycles. The monoisotopic (exact) mass is 251 g/mol. The molecule has 0 fully saturated rings. The zero-order chi connectivity index (χ0) is 13.4. The van der Waals surface area contributed by atoms with Crippen LogP contribution in [-0.2, 0) is 0 Å². The van der Waals surface area contributed by atoms with Crippen LogP contribution in [-0.4, -0.2) is 15.0 Å². The van der Waals surface area contributed by atoms with Crippen LogP contribution in [0.3, 0.4) is 0 Å². The van der Waals surface area contributed by atoms with Gasteiger partial charge in [-0.05, 0) is 31.2 Å². The number of fused-ring (bicyclic) bond motifs is 1. The Bertz CT molecular complexity index is 767. The van der Waals surface area contributed by atoms with Crippen molar-refractivity contribution in [1.82, 2.24) is 15.0 Å². The molecule has 0 aliphatic carbocycles. The smallest absolute Gasteiger partial charge is 0.221 e. The number of aromatic nitrogens is 3.